The van der Waals surface area contributed by atoms with Crippen LogP contribution < -0.4 is 43.4 Å². The first-order valence-corrected chi connectivity index (χ1v) is 27.1. The molecule has 0 aliphatic rings. The zero-order valence-corrected chi connectivity index (χ0v) is 44.4. The molecular formula is C55H82Cl2N8O8. The monoisotopic (exact) mass is 1050 g/mol. The molecule has 0 saturated carbocycles. The minimum atomic E-state index is -1.03. The van der Waals surface area contributed by atoms with Gasteiger partial charge in [-0.25, -0.2) is 9.59 Å². The van der Waals surface area contributed by atoms with Crippen LogP contribution in [0.2, 0.25) is 10.0 Å². The van der Waals surface area contributed by atoms with Crippen LogP contribution in [-0.4, -0.2) is 86.2 Å². The van der Waals surface area contributed by atoms with Crippen LogP contribution in [0.15, 0.2) is 78.9 Å². The summed E-state index contributed by atoms with van der Waals surface area (Å²) in [5.41, 5.74) is 14.8. The van der Waals surface area contributed by atoms with Crippen molar-refractivity contribution in [3.8, 4) is 0 Å². The number of hydrogen-bond acceptors (Lipinski definition) is 10. The first-order chi connectivity index (χ1) is 35.4. The molecule has 0 aliphatic heterocycles. The van der Waals surface area contributed by atoms with Gasteiger partial charge in [0.2, 0.25) is 23.6 Å². The molecule has 3 aromatic carbocycles. The van der Waals surface area contributed by atoms with Gasteiger partial charge in [0.1, 0.15) is 25.3 Å². The number of nitrogens with one attached hydrogen (secondary N) is 6. The van der Waals surface area contributed by atoms with E-state index in [0.29, 0.717) is 85.8 Å². The van der Waals surface area contributed by atoms with Crippen LogP contribution in [-0.2, 0) is 48.3 Å². The molecule has 0 aliphatic carbocycles. The van der Waals surface area contributed by atoms with Crippen LogP contribution in [0.1, 0.15) is 146 Å². The van der Waals surface area contributed by atoms with E-state index in [9.17, 15) is 28.8 Å². The molecule has 73 heavy (non-hydrogen) atoms. The number of carbonyl (C=O) groups is 6. The number of benzene rings is 3. The Kier molecular flexibility index (Phi) is 32.4. The lowest BCUT2D eigenvalue weighted by Gasteiger charge is -2.24. The summed E-state index contributed by atoms with van der Waals surface area (Å²) in [5.74, 6) is -1.68. The minimum absolute atomic E-state index is 0.0282. The fourth-order valence-corrected chi connectivity index (χ4v) is 8.26. The van der Waals surface area contributed by atoms with Gasteiger partial charge in [-0.05, 0) is 81.9 Å². The summed E-state index contributed by atoms with van der Waals surface area (Å²) in [5, 5.41) is 18.0. The zero-order chi connectivity index (χ0) is 52.9. The maximum atomic E-state index is 14.1. The van der Waals surface area contributed by atoms with Crippen molar-refractivity contribution in [2.75, 3.05) is 26.2 Å². The fraction of sp³-hybridized carbons (Fsp3) is 0.564. The van der Waals surface area contributed by atoms with E-state index >= 15 is 0 Å². The number of ether oxygens (including phenoxy) is 2. The van der Waals surface area contributed by atoms with Gasteiger partial charge in [-0.1, -0.05) is 155 Å². The Labute approximate surface area is 443 Å². The molecule has 6 amide bonds. The number of alkyl carbamates (subject to hydrolysis) is 2. The summed E-state index contributed by atoms with van der Waals surface area (Å²) in [4.78, 5) is 78.5. The van der Waals surface area contributed by atoms with E-state index < -0.39 is 48.2 Å². The standard InChI is InChI=1S/C55H82Cl2N8O8/c1-2-3-4-5-6-7-8-9-10-21-34-61-52(68)49(38-41-25-12-11-13-26-41)65-53(69)48(64-51(67)47(59)32-19-23-37-63-55(71)73-40-43-28-15-17-30-45(43)57)33-20-24-35-60-50(66)46(58)31-18-22-36-62-54(70)72-39-42-27-14-16-29-44(42)56/h11-17,25-30,46-49H,2-10,18-24,31-40,58-59H2,1H3,(H,60,66)(H,61,68)(H,62,70)(H,63,71)(H,64,67)(H,65,69)/t46-,47-,48-,49-/m0/s1. The van der Waals surface area contributed by atoms with E-state index in [1.54, 1.807) is 42.5 Å². The van der Waals surface area contributed by atoms with E-state index in [0.717, 1.165) is 24.8 Å². The molecule has 16 nitrogen and oxygen atoms in total. The van der Waals surface area contributed by atoms with Gasteiger partial charge in [-0.3, -0.25) is 19.2 Å². The predicted octanol–water partition coefficient (Wildman–Crippen LogP) is 8.68. The van der Waals surface area contributed by atoms with Crippen LogP contribution in [0.3, 0.4) is 0 Å². The zero-order valence-electron chi connectivity index (χ0n) is 42.9. The molecular weight excluding hydrogens is 972 g/mol. The molecule has 0 spiro atoms. The second kappa shape index (κ2) is 38.2. The highest BCUT2D eigenvalue weighted by Gasteiger charge is 2.28. The van der Waals surface area contributed by atoms with Gasteiger partial charge in [0, 0.05) is 53.8 Å². The Morgan fingerprint density at radius 1 is 0.452 bits per heavy atom. The Bertz CT molecular complexity index is 2070. The topological polar surface area (TPSA) is 245 Å². The van der Waals surface area contributed by atoms with Gasteiger partial charge in [0.15, 0.2) is 0 Å². The Balaban J connectivity index is 1.50. The first-order valence-electron chi connectivity index (χ1n) is 26.4. The second-order valence-corrected chi connectivity index (χ2v) is 19.3. The van der Waals surface area contributed by atoms with Crippen molar-refractivity contribution in [2.24, 2.45) is 11.5 Å². The molecule has 0 heterocycles. The molecule has 0 aromatic heterocycles. The lowest BCUT2D eigenvalue weighted by molar-refractivity contribution is -0.132. The van der Waals surface area contributed by atoms with Crippen LogP contribution >= 0.6 is 23.2 Å². The van der Waals surface area contributed by atoms with Crippen molar-refractivity contribution in [1.82, 2.24) is 31.9 Å². The highest BCUT2D eigenvalue weighted by molar-refractivity contribution is 6.31. The van der Waals surface area contributed by atoms with Gasteiger partial charge < -0.3 is 52.8 Å². The molecule has 0 unspecified atom stereocenters. The van der Waals surface area contributed by atoms with Crippen LogP contribution in [0.5, 0.6) is 0 Å². The summed E-state index contributed by atoms with van der Waals surface area (Å²) in [6.07, 6.45) is 14.8. The molecule has 404 valence electrons. The molecule has 0 bridgehead atoms. The summed E-state index contributed by atoms with van der Waals surface area (Å²) in [6.45, 7) is 3.72. The number of hydrogen-bond donors (Lipinski definition) is 8. The molecule has 0 fully saturated rings. The quantitative estimate of drug-likeness (QED) is 0.0254. The largest absolute Gasteiger partial charge is 0.445 e. The highest BCUT2D eigenvalue weighted by atomic mass is 35.5. The van der Waals surface area contributed by atoms with Crippen molar-refractivity contribution in [2.45, 2.75) is 173 Å². The van der Waals surface area contributed by atoms with Gasteiger partial charge in [0.05, 0.1) is 12.1 Å². The predicted molar refractivity (Wildman–Crippen MR) is 289 cm³/mol. The first kappa shape index (κ1) is 61.9. The normalized spacial score (nSPS) is 12.6. The number of rotatable bonds is 38. The summed E-state index contributed by atoms with van der Waals surface area (Å²) in [6, 6.07) is 20.0. The lowest BCUT2D eigenvalue weighted by Crippen LogP contribution is -2.56. The molecule has 0 saturated heterocycles. The number of nitrogens with two attached hydrogens (primary N) is 2. The molecule has 4 atom stereocenters. The Morgan fingerprint density at radius 3 is 1.38 bits per heavy atom. The third kappa shape index (κ3) is 28.0. The van der Waals surface area contributed by atoms with Gasteiger partial charge in [-0.2, -0.15) is 0 Å². The third-order valence-electron chi connectivity index (χ3n) is 12.3. The number of amides is 6. The fourth-order valence-electron chi connectivity index (χ4n) is 7.88. The van der Waals surface area contributed by atoms with Crippen LogP contribution in [0, 0.1) is 0 Å². The third-order valence-corrected chi connectivity index (χ3v) is 13.1. The smallest absolute Gasteiger partial charge is 0.407 e. The van der Waals surface area contributed by atoms with E-state index in [1.807, 2.05) is 36.4 Å². The molecule has 18 heteroatoms. The van der Waals surface area contributed by atoms with Crippen molar-refractivity contribution < 1.29 is 38.2 Å². The maximum Gasteiger partial charge on any atom is 0.407 e. The highest BCUT2D eigenvalue weighted by Crippen LogP contribution is 2.17. The van der Waals surface area contributed by atoms with Crippen molar-refractivity contribution in [1.29, 1.82) is 0 Å². The molecule has 10 N–H and O–H groups in total. The Morgan fingerprint density at radius 2 is 0.863 bits per heavy atom. The lowest BCUT2D eigenvalue weighted by atomic mass is 10.0. The molecule has 3 rings (SSSR count). The van der Waals surface area contributed by atoms with Crippen LogP contribution in [0.4, 0.5) is 9.59 Å². The van der Waals surface area contributed by atoms with E-state index in [4.69, 9.17) is 44.1 Å². The van der Waals surface area contributed by atoms with Crippen molar-refractivity contribution in [3.05, 3.63) is 106 Å². The average molecular weight is 1050 g/mol. The van der Waals surface area contributed by atoms with Crippen LogP contribution in [0.25, 0.3) is 0 Å². The molecule has 3 aromatic rings. The van der Waals surface area contributed by atoms with Gasteiger partial charge >= 0.3 is 12.2 Å². The number of unbranched alkanes of at least 4 members (excludes halogenated alkanes) is 12. The number of halogens is 2. The average Bonchev–Trinajstić information content (AvgIpc) is 3.38. The maximum absolute atomic E-state index is 14.1. The molecule has 0 radical (unpaired) electrons. The number of carbonyl (C=O) groups excluding carboxylic acids is 6. The summed E-state index contributed by atoms with van der Waals surface area (Å²) >= 11 is 12.3. The van der Waals surface area contributed by atoms with E-state index in [2.05, 4.69) is 38.8 Å². The second-order valence-electron chi connectivity index (χ2n) is 18.5. The van der Waals surface area contributed by atoms with Crippen molar-refractivity contribution in [3.63, 3.8) is 0 Å². The minimum Gasteiger partial charge on any atom is -0.445 e. The van der Waals surface area contributed by atoms with E-state index in [1.165, 1.54) is 44.9 Å². The summed E-state index contributed by atoms with van der Waals surface area (Å²) in [7, 11) is 0. The van der Waals surface area contributed by atoms with Crippen molar-refractivity contribution >= 4 is 59.0 Å². The SMILES string of the molecule is CCCCCCCCCCCCNC(=O)[C@H](Cc1ccccc1)NC(=O)[C@H](CCCCNC(=O)[C@@H](N)CCCCNC(=O)OCc1ccccc1Cl)NC(=O)[C@@H](N)CCCCNC(=O)OCc1ccccc1Cl. The van der Waals surface area contributed by atoms with Gasteiger partial charge in [-0.15, -0.1) is 0 Å². The van der Waals surface area contributed by atoms with Gasteiger partial charge in [0.25, 0.3) is 0 Å². The summed E-state index contributed by atoms with van der Waals surface area (Å²) < 4.78 is 10.5. The van der Waals surface area contributed by atoms with E-state index in [-0.39, 0.29) is 50.8 Å². The Hall–Kier alpha value is -5.42.